The first-order valence-electron chi connectivity index (χ1n) is 14.0. The van der Waals surface area contributed by atoms with E-state index in [0.29, 0.717) is 6.42 Å². The average molecular weight is 531 g/mol. The van der Waals surface area contributed by atoms with Gasteiger partial charge in [-0.25, -0.2) is 0 Å². The average Bonchev–Trinajstić information content (AvgIpc) is 2.90. The summed E-state index contributed by atoms with van der Waals surface area (Å²) in [4.78, 5) is 36.5. The first-order valence-corrected chi connectivity index (χ1v) is 14.0. The second-order valence-electron chi connectivity index (χ2n) is 9.19. The Kier molecular flexibility index (Phi) is 24.3. The number of hydrogen-bond donors (Lipinski definition) is 3. The molecule has 0 aromatic heterocycles. The molecule has 0 aliphatic heterocycles. The van der Waals surface area contributed by atoms with Crippen molar-refractivity contribution in [2.75, 3.05) is 39.6 Å². The van der Waals surface area contributed by atoms with Gasteiger partial charge in [0.05, 0.1) is 32.2 Å². The quantitative estimate of drug-likeness (QED) is 0.0694. The highest BCUT2D eigenvalue weighted by Gasteiger charge is 2.30. The monoisotopic (exact) mass is 530 g/mol. The Bertz CT molecular complexity index is 606. The van der Waals surface area contributed by atoms with Gasteiger partial charge in [0.15, 0.2) is 0 Å². The van der Waals surface area contributed by atoms with Crippen LogP contribution in [0.1, 0.15) is 96.8 Å². The van der Waals surface area contributed by atoms with E-state index >= 15 is 0 Å². The number of hydrogen-bond acceptors (Lipinski definition) is 9. The molecule has 0 aromatic rings. The van der Waals surface area contributed by atoms with Crippen LogP contribution in [0.3, 0.4) is 0 Å². The van der Waals surface area contributed by atoms with Gasteiger partial charge in [-0.1, -0.05) is 70.4 Å². The van der Waals surface area contributed by atoms with E-state index in [2.05, 4.69) is 6.92 Å². The summed E-state index contributed by atoms with van der Waals surface area (Å²) in [6.07, 6.45) is 16.0. The topological polar surface area (TPSA) is 140 Å². The first-order chi connectivity index (χ1) is 18.0. The number of allylic oxidation sites excluding steroid dienone is 2. The largest absolute Gasteiger partial charge is 0.463 e. The van der Waals surface area contributed by atoms with Crippen molar-refractivity contribution < 1.29 is 43.9 Å². The fraction of sp³-hybridized carbons (Fsp3) is 0.821. The molecule has 0 fully saturated rings. The molecule has 9 heteroatoms. The van der Waals surface area contributed by atoms with Gasteiger partial charge in [0, 0.05) is 6.42 Å². The zero-order chi connectivity index (χ0) is 27.6. The van der Waals surface area contributed by atoms with Gasteiger partial charge in [-0.3, -0.25) is 14.4 Å². The SMILES string of the molecule is CCCCCCCCC(/C=C/CCCCCCC(=O)OCCO)C(CC(=O)OCCO)C(=O)OCCO. The van der Waals surface area contributed by atoms with Crippen LogP contribution in [0.15, 0.2) is 12.2 Å². The smallest absolute Gasteiger partial charge is 0.310 e. The third kappa shape index (κ3) is 20.7. The molecule has 37 heavy (non-hydrogen) atoms. The van der Waals surface area contributed by atoms with Crippen molar-refractivity contribution >= 4 is 17.9 Å². The minimum Gasteiger partial charge on any atom is -0.463 e. The van der Waals surface area contributed by atoms with E-state index in [1.807, 2.05) is 12.2 Å². The summed E-state index contributed by atoms with van der Waals surface area (Å²) in [6, 6.07) is 0. The fourth-order valence-corrected chi connectivity index (χ4v) is 4.04. The third-order valence-electron chi connectivity index (χ3n) is 6.03. The standard InChI is InChI=1S/C28H50O9/c1-2-3-4-5-8-11-14-24(15-12-9-6-7-10-13-16-26(32)35-20-17-29)25(28(34)37-22-19-31)23-27(33)36-21-18-30/h12,15,24-25,29-31H,2-11,13-14,16-23H2,1H3/b15-12+. The Morgan fingerprint density at radius 1 is 0.703 bits per heavy atom. The van der Waals surface area contributed by atoms with Crippen LogP contribution >= 0.6 is 0 Å². The number of unbranched alkanes of at least 4 members (excludes halogenated alkanes) is 9. The van der Waals surface area contributed by atoms with Gasteiger partial charge in [0.25, 0.3) is 0 Å². The second-order valence-corrected chi connectivity index (χ2v) is 9.19. The summed E-state index contributed by atoms with van der Waals surface area (Å²) >= 11 is 0. The summed E-state index contributed by atoms with van der Waals surface area (Å²) in [5, 5.41) is 26.7. The molecular weight excluding hydrogens is 480 g/mol. The molecule has 9 nitrogen and oxygen atoms in total. The van der Waals surface area contributed by atoms with Crippen LogP contribution in [0.25, 0.3) is 0 Å². The lowest BCUT2D eigenvalue weighted by molar-refractivity contribution is -0.157. The summed E-state index contributed by atoms with van der Waals surface area (Å²) in [5.74, 6) is -2.28. The molecule has 0 aromatic carbocycles. The number of rotatable bonds is 25. The molecule has 0 aliphatic rings. The Labute approximate surface area is 222 Å². The van der Waals surface area contributed by atoms with E-state index in [-0.39, 0.29) is 57.9 Å². The van der Waals surface area contributed by atoms with Crippen molar-refractivity contribution in [2.45, 2.75) is 96.8 Å². The lowest BCUT2D eigenvalue weighted by Crippen LogP contribution is -2.29. The molecule has 2 atom stereocenters. The minimum absolute atomic E-state index is 0.0389. The zero-order valence-electron chi connectivity index (χ0n) is 22.7. The molecule has 0 aliphatic carbocycles. The number of esters is 3. The molecule has 0 saturated heterocycles. The van der Waals surface area contributed by atoms with Gasteiger partial charge in [0.1, 0.15) is 19.8 Å². The van der Waals surface area contributed by atoms with E-state index < -0.39 is 17.9 Å². The van der Waals surface area contributed by atoms with Crippen LogP contribution in [-0.4, -0.2) is 72.9 Å². The van der Waals surface area contributed by atoms with Crippen LogP contribution in [-0.2, 0) is 28.6 Å². The Morgan fingerprint density at radius 3 is 1.95 bits per heavy atom. The molecule has 216 valence electrons. The highest BCUT2D eigenvalue weighted by molar-refractivity contribution is 5.80. The molecule has 0 rings (SSSR count). The molecule has 0 bridgehead atoms. The molecule has 0 radical (unpaired) electrons. The van der Waals surface area contributed by atoms with Crippen LogP contribution in [0.4, 0.5) is 0 Å². The Balaban J connectivity index is 4.93. The van der Waals surface area contributed by atoms with E-state index in [9.17, 15) is 14.4 Å². The Hall–Kier alpha value is -1.97. The maximum atomic E-state index is 12.8. The number of ether oxygens (including phenoxy) is 3. The fourth-order valence-electron chi connectivity index (χ4n) is 4.04. The molecule has 0 heterocycles. The number of carbonyl (C=O) groups excluding carboxylic acids is 3. The van der Waals surface area contributed by atoms with Crippen molar-refractivity contribution in [2.24, 2.45) is 11.8 Å². The van der Waals surface area contributed by atoms with Crippen LogP contribution in [0.2, 0.25) is 0 Å². The predicted octanol–water partition coefficient (Wildman–Crippen LogP) is 3.86. The van der Waals surface area contributed by atoms with Crippen molar-refractivity contribution in [1.29, 1.82) is 0 Å². The van der Waals surface area contributed by atoms with Crippen LogP contribution < -0.4 is 0 Å². The Morgan fingerprint density at radius 2 is 1.27 bits per heavy atom. The number of aliphatic hydroxyl groups is 3. The molecule has 0 saturated carbocycles. The maximum absolute atomic E-state index is 12.8. The van der Waals surface area contributed by atoms with Crippen molar-refractivity contribution in [3.63, 3.8) is 0 Å². The summed E-state index contributed by atoms with van der Waals surface area (Å²) in [7, 11) is 0. The van der Waals surface area contributed by atoms with E-state index in [0.717, 1.165) is 57.8 Å². The van der Waals surface area contributed by atoms with Crippen LogP contribution in [0.5, 0.6) is 0 Å². The molecular formula is C28H50O9. The summed E-state index contributed by atoms with van der Waals surface area (Å²) < 4.78 is 15.0. The number of carbonyl (C=O) groups is 3. The molecule has 0 spiro atoms. The summed E-state index contributed by atoms with van der Waals surface area (Å²) in [5.41, 5.74) is 0. The van der Waals surface area contributed by atoms with Gasteiger partial charge in [0.2, 0.25) is 0 Å². The molecule has 3 N–H and O–H groups in total. The van der Waals surface area contributed by atoms with Crippen molar-refractivity contribution in [1.82, 2.24) is 0 Å². The number of aliphatic hydroxyl groups excluding tert-OH is 3. The normalized spacial score (nSPS) is 12.9. The summed E-state index contributed by atoms with van der Waals surface area (Å²) in [6.45, 7) is 1.24. The molecule has 2 unspecified atom stereocenters. The second kappa shape index (κ2) is 25.7. The van der Waals surface area contributed by atoms with E-state index in [4.69, 9.17) is 29.5 Å². The van der Waals surface area contributed by atoms with Gasteiger partial charge in [-0.15, -0.1) is 0 Å². The minimum atomic E-state index is -0.713. The predicted molar refractivity (Wildman–Crippen MR) is 141 cm³/mol. The van der Waals surface area contributed by atoms with Gasteiger partial charge in [-0.05, 0) is 31.6 Å². The highest BCUT2D eigenvalue weighted by Crippen LogP contribution is 2.27. The highest BCUT2D eigenvalue weighted by atomic mass is 16.5. The van der Waals surface area contributed by atoms with E-state index in [1.165, 1.54) is 19.3 Å². The lowest BCUT2D eigenvalue weighted by Gasteiger charge is -2.23. The maximum Gasteiger partial charge on any atom is 0.310 e. The van der Waals surface area contributed by atoms with Crippen molar-refractivity contribution in [3.8, 4) is 0 Å². The van der Waals surface area contributed by atoms with Gasteiger partial charge < -0.3 is 29.5 Å². The van der Waals surface area contributed by atoms with Gasteiger partial charge >= 0.3 is 17.9 Å². The lowest BCUT2D eigenvalue weighted by atomic mass is 9.84. The van der Waals surface area contributed by atoms with Crippen molar-refractivity contribution in [3.05, 3.63) is 12.2 Å². The zero-order valence-corrected chi connectivity index (χ0v) is 22.7. The first kappa shape index (κ1) is 35.0. The van der Waals surface area contributed by atoms with Gasteiger partial charge in [-0.2, -0.15) is 0 Å². The third-order valence-corrected chi connectivity index (χ3v) is 6.03. The van der Waals surface area contributed by atoms with E-state index in [1.54, 1.807) is 0 Å². The molecule has 0 amide bonds. The van der Waals surface area contributed by atoms with Crippen LogP contribution in [0, 0.1) is 11.8 Å².